The van der Waals surface area contributed by atoms with E-state index in [1.165, 1.54) is 40.2 Å². The van der Waals surface area contributed by atoms with Crippen LogP contribution < -0.4 is 5.32 Å². The lowest BCUT2D eigenvalue weighted by Gasteiger charge is -2.10. The lowest BCUT2D eigenvalue weighted by atomic mass is 10.0. The monoisotopic (exact) mass is 452 g/mol. The van der Waals surface area contributed by atoms with Crippen LogP contribution in [0.25, 0.3) is 11.4 Å². The highest BCUT2D eigenvalue weighted by Crippen LogP contribution is 2.23. The Morgan fingerprint density at radius 2 is 1.88 bits per heavy atom. The normalized spacial score (nSPS) is 11.2. The largest absolute Gasteiger partial charge is 0.323 e. The van der Waals surface area contributed by atoms with Gasteiger partial charge in [-0.3, -0.25) is 9.36 Å². The molecule has 0 unspecified atom stereocenters. The van der Waals surface area contributed by atoms with Crippen LogP contribution in [0.3, 0.4) is 0 Å². The zero-order valence-corrected chi connectivity index (χ0v) is 18.5. The average Bonchev–Trinajstić information content (AvgIpc) is 3.43. The van der Waals surface area contributed by atoms with Crippen LogP contribution in [0.2, 0.25) is 0 Å². The molecule has 0 atom stereocenters. The summed E-state index contributed by atoms with van der Waals surface area (Å²) in [6.45, 7) is 6.00. The van der Waals surface area contributed by atoms with E-state index in [0.717, 1.165) is 5.69 Å². The topological polar surface area (TPSA) is 103 Å². The Bertz CT molecular complexity index is 1230. The molecule has 0 aliphatic carbocycles. The number of aromatic nitrogens is 7. The van der Waals surface area contributed by atoms with E-state index in [2.05, 4.69) is 57.0 Å². The molecule has 0 bridgehead atoms. The third kappa shape index (κ3) is 4.67. The first-order valence-electron chi connectivity index (χ1n) is 9.90. The predicted molar refractivity (Wildman–Crippen MR) is 119 cm³/mol. The molecular weight excluding hydrogens is 431 g/mol. The van der Waals surface area contributed by atoms with Crippen LogP contribution in [-0.4, -0.2) is 46.6 Å². The van der Waals surface area contributed by atoms with Crippen molar-refractivity contribution < 1.29 is 9.18 Å². The zero-order chi connectivity index (χ0) is 22.7. The molecule has 0 saturated carbocycles. The van der Waals surface area contributed by atoms with Crippen molar-refractivity contribution in [2.75, 3.05) is 11.1 Å². The van der Waals surface area contributed by atoms with Gasteiger partial charge in [0.25, 0.3) is 0 Å². The number of carbonyl (C=O) groups excluding carboxylic acids is 1. The fourth-order valence-electron chi connectivity index (χ4n) is 3.05. The molecule has 4 aromatic rings. The van der Waals surface area contributed by atoms with E-state index in [0.29, 0.717) is 22.6 Å². The number of hydrogen-bond acceptors (Lipinski definition) is 7. The lowest BCUT2D eigenvalue weighted by Crippen LogP contribution is -2.16. The molecule has 0 aliphatic heterocycles. The summed E-state index contributed by atoms with van der Waals surface area (Å²) >= 11 is 1.21. The summed E-state index contributed by atoms with van der Waals surface area (Å²) in [6, 6.07) is 12.4. The van der Waals surface area contributed by atoms with Crippen LogP contribution in [-0.2, 0) is 4.79 Å². The maximum Gasteiger partial charge on any atom is 0.234 e. The molecule has 2 aromatic carbocycles. The van der Waals surface area contributed by atoms with Crippen molar-refractivity contribution in [3.05, 3.63) is 66.0 Å². The van der Waals surface area contributed by atoms with E-state index < -0.39 is 5.82 Å². The van der Waals surface area contributed by atoms with E-state index in [1.807, 2.05) is 16.7 Å². The molecular formula is C21H21FN8OS. The Labute approximate surface area is 188 Å². The minimum absolute atomic E-state index is 0.0380. The van der Waals surface area contributed by atoms with Crippen molar-refractivity contribution in [3.63, 3.8) is 0 Å². The molecule has 0 spiro atoms. The number of nitrogens with zero attached hydrogens (tertiary/aromatic N) is 7. The molecule has 1 amide bonds. The standard InChI is InChI=1S/C21H21FN8OS/c1-13(2)15-4-6-16(7-5-15)29-12-23-26-21(29)32-11-20(31)24-19-10-17(8-9-18(19)22)30-14(3)25-27-28-30/h4-10,12-13H,11H2,1-3H3,(H,24,31). The molecule has 0 fully saturated rings. The van der Waals surface area contributed by atoms with Crippen LogP contribution in [0.1, 0.15) is 31.2 Å². The number of halogens is 1. The molecule has 9 nitrogen and oxygen atoms in total. The zero-order valence-electron chi connectivity index (χ0n) is 17.7. The smallest absolute Gasteiger partial charge is 0.234 e. The van der Waals surface area contributed by atoms with Gasteiger partial charge in [-0.05, 0) is 59.2 Å². The summed E-state index contributed by atoms with van der Waals surface area (Å²) in [7, 11) is 0. The van der Waals surface area contributed by atoms with Crippen molar-refractivity contribution in [3.8, 4) is 11.4 Å². The van der Waals surface area contributed by atoms with E-state index in [1.54, 1.807) is 13.3 Å². The summed E-state index contributed by atoms with van der Waals surface area (Å²) < 4.78 is 17.5. The number of aryl methyl sites for hydroxylation is 1. The maximum absolute atomic E-state index is 14.3. The van der Waals surface area contributed by atoms with Crippen LogP contribution >= 0.6 is 11.8 Å². The second-order valence-electron chi connectivity index (χ2n) is 7.37. The lowest BCUT2D eigenvalue weighted by molar-refractivity contribution is -0.113. The van der Waals surface area contributed by atoms with Gasteiger partial charge in [0, 0.05) is 5.69 Å². The van der Waals surface area contributed by atoms with Gasteiger partial charge in [0.1, 0.15) is 12.1 Å². The summed E-state index contributed by atoms with van der Waals surface area (Å²) in [4.78, 5) is 12.5. The molecule has 0 saturated heterocycles. The Balaban J connectivity index is 1.43. The number of nitrogens with one attached hydrogen (secondary N) is 1. The highest BCUT2D eigenvalue weighted by atomic mass is 32.2. The second-order valence-corrected chi connectivity index (χ2v) is 8.31. The molecule has 0 radical (unpaired) electrons. The molecule has 4 rings (SSSR count). The van der Waals surface area contributed by atoms with Crippen molar-refractivity contribution in [1.29, 1.82) is 0 Å². The van der Waals surface area contributed by atoms with Crippen molar-refractivity contribution >= 4 is 23.4 Å². The second kappa shape index (κ2) is 9.27. The van der Waals surface area contributed by atoms with Crippen molar-refractivity contribution in [2.24, 2.45) is 0 Å². The van der Waals surface area contributed by atoms with Gasteiger partial charge in [0.15, 0.2) is 11.0 Å². The SMILES string of the molecule is Cc1nnnn1-c1ccc(F)c(NC(=O)CSc2nncn2-c2ccc(C(C)C)cc2)c1. The van der Waals surface area contributed by atoms with Crippen LogP contribution in [0.4, 0.5) is 10.1 Å². The van der Waals surface area contributed by atoms with Gasteiger partial charge in [0.05, 0.1) is 17.1 Å². The van der Waals surface area contributed by atoms with Gasteiger partial charge in [-0.1, -0.05) is 37.7 Å². The number of hydrogen-bond donors (Lipinski definition) is 1. The third-order valence-corrected chi connectivity index (χ3v) is 5.72. The average molecular weight is 453 g/mol. The van der Waals surface area contributed by atoms with Gasteiger partial charge < -0.3 is 5.32 Å². The summed E-state index contributed by atoms with van der Waals surface area (Å²) in [5.41, 5.74) is 2.73. The number of benzene rings is 2. The minimum Gasteiger partial charge on any atom is -0.323 e. The number of anilines is 1. The predicted octanol–water partition coefficient (Wildman–Crippen LogP) is 3.54. The minimum atomic E-state index is -0.550. The van der Waals surface area contributed by atoms with Crippen LogP contribution in [0, 0.1) is 12.7 Å². The Kier molecular flexibility index (Phi) is 6.26. The number of thioether (sulfide) groups is 1. The van der Waals surface area contributed by atoms with Crippen molar-refractivity contribution in [2.45, 2.75) is 31.8 Å². The number of tetrazole rings is 1. The highest BCUT2D eigenvalue weighted by Gasteiger charge is 2.14. The molecule has 2 aromatic heterocycles. The third-order valence-electron chi connectivity index (χ3n) is 4.78. The summed E-state index contributed by atoms with van der Waals surface area (Å²) in [5.74, 6) is 0.0999. The Morgan fingerprint density at radius 3 is 2.56 bits per heavy atom. The molecule has 11 heteroatoms. The fraction of sp³-hybridized carbons (Fsp3) is 0.238. The number of rotatable bonds is 7. The van der Waals surface area contributed by atoms with Gasteiger partial charge >= 0.3 is 0 Å². The van der Waals surface area contributed by atoms with Gasteiger partial charge in [-0.25, -0.2) is 4.39 Å². The molecule has 32 heavy (non-hydrogen) atoms. The Hall–Kier alpha value is -3.60. The van der Waals surface area contributed by atoms with E-state index in [9.17, 15) is 9.18 Å². The summed E-state index contributed by atoms with van der Waals surface area (Å²) in [5, 5.41) is 22.5. The maximum atomic E-state index is 14.3. The van der Waals surface area contributed by atoms with Gasteiger partial charge in [-0.2, -0.15) is 4.68 Å². The first-order valence-corrected chi connectivity index (χ1v) is 10.9. The number of amides is 1. The molecule has 164 valence electrons. The van der Waals surface area contributed by atoms with Crippen LogP contribution in [0.5, 0.6) is 0 Å². The quantitative estimate of drug-likeness (QED) is 0.428. The fourth-order valence-corrected chi connectivity index (χ4v) is 3.78. The molecule has 1 N–H and O–H groups in total. The first-order chi connectivity index (χ1) is 15.4. The van der Waals surface area contributed by atoms with Crippen LogP contribution in [0.15, 0.2) is 53.9 Å². The molecule has 0 aliphatic rings. The van der Waals surface area contributed by atoms with E-state index >= 15 is 0 Å². The summed E-state index contributed by atoms with van der Waals surface area (Å²) in [6.07, 6.45) is 1.60. The number of carbonyl (C=O) groups is 1. The highest BCUT2D eigenvalue weighted by molar-refractivity contribution is 7.99. The van der Waals surface area contributed by atoms with E-state index in [4.69, 9.17) is 0 Å². The van der Waals surface area contributed by atoms with Gasteiger partial charge in [-0.15, -0.1) is 15.3 Å². The van der Waals surface area contributed by atoms with Crippen molar-refractivity contribution in [1.82, 2.24) is 35.0 Å². The first kappa shape index (κ1) is 21.6. The van der Waals surface area contributed by atoms with E-state index in [-0.39, 0.29) is 17.3 Å². The molecule has 2 heterocycles. The Morgan fingerprint density at radius 1 is 1.12 bits per heavy atom. The van der Waals surface area contributed by atoms with Gasteiger partial charge in [0.2, 0.25) is 5.91 Å².